The van der Waals surface area contributed by atoms with Gasteiger partial charge in [-0.2, -0.15) is 4.98 Å². The van der Waals surface area contributed by atoms with Gasteiger partial charge in [0, 0.05) is 0 Å². The maximum atomic E-state index is 6.06. The number of aromatic nitrogens is 2. The molecule has 1 aromatic rings. The Hall–Kier alpha value is -1.03. The molecule has 0 spiro atoms. The van der Waals surface area contributed by atoms with E-state index in [1.54, 1.807) is 0 Å². The molecule has 5 heteroatoms. The van der Waals surface area contributed by atoms with Gasteiger partial charge in [-0.25, -0.2) is 4.98 Å². The lowest BCUT2D eigenvalue weighted by Crippen LogP contribution is -2.29. The molecule has 0 saturated carbocycles. The van der Waals surface area contributed by atoms with Gasteiger partial charge in [0.1, 0.15) is 16.2 Å². The summed E-state index contributed by atoms with van der Waals surface area (Å²) in [4.78, 5) is 8.33. The van der Waals surface area contributed by atoms with E-state index in [0.717, 1.165) is 12.8 Å². The molecule has 1 aromatic heterocycles. The molecule has 0 saturated heterocycles. The fourth-order valence-corrected chi connectivity index (χ4v) is 1.24. The summed E-state index contributed by atoms with van der Waals surface area (Å²) >= 11 is 6.06. The van der Waals surface area contributed by atoms with Crippen LogP contribution < -0.4 is 9.47 Å². The van der Waals surface area contributed by atoms with Crippen molar-refractivity contribution in [1.29, 1.82) is 0 Å². The molecule has 0 radical (unpaired) electrons. The fraction of sp³-hybridized carbons (Fsp3) is 0.714. The van der Waals surface area contributed by atoms with Crippen LogP contribution in [0.2, 0.25) is 5.02 Å². The van der Waals surface area contributed by atoms with Crippen molar-refractivity contribution in [3.8, 4) is 11.9 Å². The zero-order valence-corrected chi connectivity index (χ0v) is 13.3. The first-order chi connectivity index (χ1) is 8.69. The Labute approximate surface area is 120 Å². The lowest BCUT2D eigenvalue weighted by atomic mass is 10.1. The maximum absolute atomic E-state index is 6.06. The van der Waals surface area contributed by atoms with E-state index in [1.807, 2.05) is 41.5 Å². The van der Waals surface area contributed by atoms with Gasteiger partial charge in [0.25, 0.3) is 0 Å². The van der Waals surface area contributed by atoms with Crippen LogP contribution in [0.5, 0.6) is 11.9 Å². The van der Waals surface area contributed by atoms with E-state index in [4.69, 9.17) is 21.1 Å². The van der Waals surface area contributed by atoms with Gasteiger partial charge < -0.3 is 9.47 Å². The van der Waals surface area contributed by atoms with Crippen LogP contribution in [0.15, 0.2) is 6.20 Å². The van der Waals surface area contributed by atoms with Crippen LogP contribution in [-0.2, 0) is 0 Å². The molecule has 19 heavy (non-hydrogen) atoms. The van der Waals surface area contributed by atoms with E-state index in [0.29, 0.717) is 10.9 Å². The van der Waals surface area contributed by atoms with Crippen LogP contribution in [0.3, 0.4) is 0 Å². The predicted molar refractivity (Wildman–Crippen MR) is 77.0 cm³/mol. The molecule has 0 fully saturated rings. The first kappa shape index (κ1) is 16.0. The van der Waals surface area contributed by atoms with Gasteiger partial charge in [0.15, 0.2) is 0 Å². The second-order valence-electron chi connectivity index (χ2n) is 5.74. The first-order valence-electron chi connectivity index (χ1n) is 6.59. The lowest BCUT2D eigenvalue weighted by molar-refractivity contribution is 0.0799. The highest BCUT2D eigenvalue weighted by Crippen LogP contribution is 2.29. The number of halogens is 1. The highest BCUT2D eigenvalue weighted by molar-refractivity contribution is 6.31. The molecule has 0 bridgehead atoms. The van der Waals surface area contributed by atoms with Crippen LogP contribution in [0, 0.1) is 0 Å². The van der Waals surface area contributed by atoms with Crippen LogP contribution in [0.1, 0.15) is 54.4 Å². The van der Waals surface area contributed by atoms with E-state index in [2.05, 4.69) is 9.97 Å². The minimum absolute atomic E-state index is 0.290. The molecular formula is C14H23ClN2O2. The molecular weight excluding hydrogens is 264 g/mol. The van der Waals surface area contributed by atoms with Crippen molar-refractivity contribution in [2.75, 3.05) is 0 Å². The number of hydrogen-bond acceptors (Lipinski definition) is 4. The third-order valence-electron chi connectivity index (χ3n) is 3.13. The molecule has 0 amide bonds. The summed E-state index contributed by atoms with van der Waals surface area (Å²) in [6.07, 6.45) is 3.22. The zero-order valence-electron chi connectivity index (χ0n) is 12.6. The molecule has 0 aromatic carbocycles. The number of nitrogens with zero attached hydrogens (tertiary/aromatic N) is 2. The highest BCUT2D eigenvalue weighted by Gasteiger charge is 2.23. The third kappa shape index (κ3) is 4.86. The summed E-state index contributed by atoms with van der Waals surface area (Å²) in [6.45, 7) is 12.0. The smallest absolute Gasteiger partial charge is 0.320 e. The molecule has 0 N–H and O–H groups in total. The van der Waals surface area contributed by atoms with Crippen LogP contribution in [-0.4, -0.2) is 21.2 Å². The number of ether oxygens (including phenoxy) is 2. The molecule has 4 nitrogen and oxygen atoms in total. The Morgan fingerprint density at radius 2 is 1.58 bits per heavy atom. The fourth-order valence-electron chi connectivity index (χ4n) is 1.11. The van der Waals surface area contributed by atoms with Crippen LogP contribution >= 0.6 is 11.6 Å². The lowest BCUT2D eigenvalue weighted by Gasteiger charge is -2.26. The molecule has 0 aliphatic rings. The Morgan fingerprint density at radius 1 is 1.05 bits per heavy atom. The van der Waals surface area contributed by atoms with Crippen LogP contribution in [0.4, 0.5) is 0 Å². The summed E-state index contributed by atoms with van der Waals surface area (Å²) in [7, 11) is 0. The van der Waals surface area contributed by atoms with Gasteiger partial charge in [-0.3, -0.25) is 0 Å². The Morgan fingerprint density at radius 3 is 2.11 bits per heavy atom. The molecule has 0 aliphatic carbocycles. The van der Waals surface area contributed by atoms with Crippen molar-refractivity contribution in [1.82, 2.24) is 9.97 Å². The monoisotopic (exact) mass is 286 g/mol. The molecule has 0 aliphatic heterocycles. The number of hydrogen-bond donors (Lipinski definition) is 0. The second-order valence-corrected chi connectivity index (χ2v) is 6.14. The zero-order chi connectivity index (χ0) is 14.7. The third-order valence-corrected chi connectivity index (χ3v) is 3.39. The average Bonchev–Trinajstić information content (AvgIpc) is 2.33. The highest BCUT2D eigenvalue weighted by atomic mass is 35.5. The summed E-state index contributed by atoms with van der Waals surface area (Å²) < 4.78 is 11.5. The van der Waals surface area contributed by atoms with Crippen molar-refractivity contribution in [2.24, 2.45) is 0 Å². The predicted octanol–water partition coefficient (Wildman–Crippen LogP) is 4.26. The summed E-state index contributed by atoms with van der Waals surface area (Å²) in [6, 6.07) is 0.290. The van der Waals surface area contributed by atoms with Gasteiger partial charge >= 0.3 is 6.01 Å². The molecule has 108 valence electrons. The SMILES string of the molecule is CCC(C)(C)Oc1ncc(Cl)c(OC(C)(C)CC)n1. The second kappa shape index (κ2) is 5.95. The molecule has 1 heterocycles. The van der Waals surface area contributed by atoms with Gasteiger partial charge in [-0.15, -0.1) is 0 Å². The topological polar surface area (TPSA) is 44.2 Å². The summed E-state index contributed by atoms with van der Waals surface area (Å²) in [5, 5.41) is 0.392. The molecule has 0 atom stereocenters. The average molecular weight is 287 g/mol. The number of rotatable bonds is 6. The quantitative estimate of drug-likeness (QED) is 0.783. The van der Waals surface area contributed by atoms with Gasteiger partial charge in [0.05, 0.1) is 6.20 Å². The van der Waals surface area contributed by atoms with Crippen LogP contribution in [0.25, 0.3) is 0 Å². The largest absolute Gasteiger partial charge is 0.470 e. The summed E-state index contributed by atoms with van der Waals surface area (Å²) in [5.41, 5.74) is -0.638. The minimum atomic E-state index is -0.324. The van der Waals surface area contributed by atoms with E-state index < -0.39 is 0 Å². The van der Waals surface area contributed by atoms with E-state index in [9.17, 15) is 0 Å². The normalized spacial score (nSPS) is 12.4. The van der Waals surface area contributed by atoms with Gasteiger partial charge in [-0.1, -0.05) is 25.4 Å². The van der Waals surface area contributed by atoms with Crippen molar-refractivity contribution >= 4 is 11.6 Å². The van der Waals surface area contributed by atoms with Gasteiger partial charge in [-0.05, 0) is 40.5 Å². The van der Waals surface area contributed by atoms with Crippen molar-refractivity contribution in [2.45, 2.75) is 65.6 Å². The van der Waals surface area contributed by atoms with Crippen molar-refractivity contribution in [3.63, 3.8) is 0 Å². The van der Waals surface area contributed by atoms with E-state index >= 15 is 0 Å². The Bertz CT molecular complexity index is 433. The maximum Gasteiger partial charge on any atom is 0.320 e. The van der Waals surface area contributed by atoms with Crippen molar-refractivity contribution in [3.05, 3.63) is 11.2 Å². The Balaban J connectivity index is 2.95. The van der Waals surface area contributed by atoms with E-state index in [-0.39, 0.29) is 17.2 Å². The molecule has 1 rings (SSSR count). The minimum Gasteiger partial charge on any atom is -0.470 e. The van der Waals surface area contributed by atoms with E-state index in [1.165, 1.54) is 6.20 Å². The molecule has 0 unspecified atom stereocenters. The Kier molecular flexibility index (Phi) is 5.02. The summed E-state index contributed by atoms with van der Waals surface area (Å²) in [5.74, 6) is 0.366. The van der Waals surface area contributed by atoms with Crippen molar-refractivity contribution < 1.29 is 9.47 Å². The van der Waals surface area contributed by atoms with Gasteiger partial charge in [0.2, 0.25) is 5.88 Å². The standard InChI is InChI=1S/C14H23ClN2O2/c1-7-13(3,4)18-11-10(15)9-16-12(17-11)19-14(5,6)8-2/h9H,7-8H2,1-6H3. The first-order valence-corrected chi connectivity index (χ1v) is 6.97.